The van der Waals surface area contributed by atoms with E-state index in [4.69, 9.17) is 4.74 Å². The van der Waals surface area contributed by atoms with Crippen molar-refractivity contribution in [3.05, 3.63) is 62.5 Å². The zero-order chi connectivity index (χ0) is 20.6. The van der Waals surface area contributed by atoms with Crippen molar-refractivity contribution in [2.45, 2.75) is 46.5 Å². The van der Waals surface area contributed by atoms with E-state index in [1.54, 1.807) is 26.0 Å². The summed E-state index contributed by atoms with van der Waals surface area (Å²) in [5, 5.41) is 14.3. The summed E-state index contributed by atoms with van der Waals surface area (Å²) in [6.07, 6.45) is 1.07. The minimum absolute atomic E-state index is 0.0172. The minimum atomic E-state index is -0.597. The molecule has 1 unspecified atom stereocenters. The predicted molar refractivity (Wildman–Crippen MR) is 103 cm³/mol. The van der Waals surface area contributed by atoms with Gasteiger partial charge in [-0.25, -0.2) is 4.79 Å². The SMILES string of the molecule is CCOC(=O)C1=C(C)NC2=C(C(=O)CC(C)(C)C2)C1c1ccc([N+](=O)[O-])cc1. The number of non-ortho nitro benzene ring substituents is 1. The van der Waals surface area contributed by atoms with Gasteiger partial charge in [-0.05, 0) is 31.2 Å². The van der Waals surface area contributed by atoms with E-state index in [2.05, 4.69) is 5.32 Å². The molecular formula is C21H24N2O5. The minimum Gasteiger partial charge on any atom is -0.463 e. The van der Waals surface area contributed by atoms with Gasteiger partial charge in [0.25, 0.3) is 5.69 Å². The number of allylic oxidation sites excluding steroid dienone is 3. The number of nitro groups is 1. The summed E-state index contributed by atoms with van der Waals surface area (Å²) in [5.74, 6) is -1.10. The molecule has 28 heavy (non-hydrogen) atoms. The molecule has 0 saturated heterocycles. The van der Waals surface area contributed by atoms with Crippen LogP contribution in [0.4, 0.5) is 5.69 Å². The molecule has 148 valence electrons. The number of ketones is 1. The van der Waals surface area contributed by atoms with Crippen LogP contribution in [0.1, 0.15) is 52.0 Å². The first kappa shape index (κ1) is 19.8. The number of rotatable bonds is 4. The number of nitrogens with zero attached hydrogens (tertiary/aromatic N) is 1. The van der Waals surface area contributed by atoms with E-state index in [9.17, 15) is 19.7 Å². The number of carbonyl (C=O) groups excluding carboxylic acids is 2. The number of nitro benzene ring substituents is 1. The molecule has 0 amide bonds. The summed E-state index contributed by atoms with van der Waals surface area (Å²) < 4.78 is 5.24. The average Bonchev–Trinajstić information content (AvgIpc) is 2.59. The molecule has 0 spiro atoms. The van der Waals surface area contributed by atoms with Crippen molar-refractivity contribution < 1.29 is 19.2 Å². The number of nitrogens with one attached hydrogen (secondary N) is 1. The van der Waals surface area contributed by atoms with E-state index in [-0.39, 0.29) is 23.5 Å². The highest BCUT2D eigenvalue weighted by Gasteiger charge is 2.43. The molecule has 0 saturated carbocycles. The van der Waals surface area contributed by atoms with Crippen molar-refractivity contribution >= 4 is 17.4 Å². The van der Waals surface area contributed by atoms with Crippen molar-refractivity contribution in [2.24, 2.45) is 5.41 Å². The third-order valence-electron chi connectivity index (χ3n) is 5.17. The third-order valence-corrected chi connectivity index (χ3v) is 5.17. The molecule has 1 aromatic rings. The number of benzene rings is 1. The topological polar surface area (TPSA) is 98.5 Å². The van der Waals surface area contributed by atoms with E-state index < -0.39 is 16.8 Å². The van der Waals surface area contributed by atoms with E-state index in [1.807, 2.05) is 13.8 Å². The fourth-order valence-corrected chi connectivity index (χ4v) is 4.04. The number of hydrogen-bond acceptors (Lipinski definition) is 6. The van der Waals surface area contributed by atoms with Crippen LogP contribution in [0.15, 0.2) is 46.8 Å². The molecule has 2 aliphatic rings. The highest BCUT2D eigenvalue weighted by molar-refractivity contribution is 6.04. The first-order chi connectivity index (χ1) is 13.1. The van der Waals surface area contributed by atoms with Gasteiger partial charge in [0, 0.05) is 41.4 Å². The summed E-state index contributed by atoms with van der Waals surface area (Å²) in [5.41, 5.74) is 2.84. The molecule has 7 nitrogen and oxygen atoms in total. The average molecular weight is 384 g/mol. The lowest BCUT2D eigenvalue weighted by molar-refractivity contribution is -0.384. The Bertz CT molecular complexity index is 909. The molecule has 1 aliphatic carbocycles. The number of ether oxygens (including phenoxy) is 1. The predicted octanol–water partition coefficient (Wildman–Crippen LogP) is 3.76. The van der Waals surface area contributed by atoms with Gasteiger partial charge in [-0.2, -0.15) is 0 Å². The Morgan fingerprint density at radius 2 is 1.93 bits per heavy atom. The van der Waals surface area contributed by atoms with E-state index in [0.717, 1.165) is 5.70 Å². The van der Waals surface area contributed by atoms with Crippen LogP contribution in [-0.4, -0.2) is 23.3 Å². The summed E-state index contributed by atoms with van der Waals surface area (Å²) in [4.78, 5) is 36.3. The largest absolute Gasteiger partial charge is 0.463 e. The van der Waals surface area contributed by atoms with Crippen LogP contribution in [0.5, 0.6) is 0 Å². The molecule has 0 fully saturated rings. The van der Waals surface area contributed by atoms with Crippen LogP contribution in [-0.2, 0) is 14.3 Å². The number of dihydropyridines is 1. The fourth-order valence-electron chi connectivity index (χ4n) is 4.04. The molecule has 1 N–H and O–H groups in total. The number of carbonyl (C=O) groups is 2. The van der Waals surface area contributed by atoms with Gasteiger partial charge in [0.2, 0.25) is 0 Å². The summed E-state index contributed by atoms with van der Waals surface area (Å²) in [6.45, 7) is 7.81. The van der Waals surface area contributed by atoms with Gasteiger partial charge in [0.05, 0.1) is 17.1 Å². The van der Waals surface area contributed by atoms with Gasteiger partial charge in [-0.15, -0.1) is 0 Å². The maximum absolute atomic E-state index is 13.1. The lowest BCUT2D eigenvalue weighted by Gasteiger charge is -2.39. The van der Waals surface area contributed by atoms with Gasteiger partial charge in [0.15, 0.2) is 5.78 Å². The highest BCUT2D eigenvalue weighted by Crippen LogP contribution is 2.46. The van der Waals surface area contributed by atoms with Gasteiger partial charge in [-0.3, -0.25) is 14.9 Å². The molecule has 1 heterocycles. The second-order valence-electron chi connectivity index (χ2n) is 8.00. The fraction of sp³-hybridized carbons (Fsp3) is 0.429. The number of hydrogen-bond donors (Lipinski definition) is 1. The summed E-state index contributed by atoms with van der Waals surface area (Å²) >= 11 is 0. The molecule has 1 aromatic carbocycles. The summed E-state index contributed by atoms with van der Waals surface area (Å²) in [6, 6.07) is 6.01. The Morgan fingerprint density at radius 3 is 2.50 bits per heavy atom. The second-order valence-corrected chi connectivity index (χ2v) is 8.00. The maximum Gasteiger partial charge on any atom is 0.336 e. The van der Waals surface area contributed by atoms with Gasteiger partial charge in [0.1, 0.15) is 0 Å². The van der Waals surface area contributed by atoms with Crippen molar-refractivity contribution in [1.29, 1.82) is 0 Å². The van der Waals surface area contributed by atoms with Gasteiger partial charge < -0.3 is 10.1 Å². The van der Waals surface area contributed by atoms with Crippen LogP contribution in [0.25, 0.3) is 0 Å². The second kappa shape index (κ2) is 7.22. The van der Waals surface area contributed by atoms with Crippen LogP contribution < -0.4 is 5.32 Å². The molecule has 0 bridgehead atoms. The van der Waals surface area contributed by atoms with Crippen molar-refractivity contribution in [2.75, 3.05) is 6.61 Å². The Balaban J connectivity index is 2.16. The lowest BCUT2D eigenvalue weighted by atomic mass is 9.68. The van der Waals surface area contributed by atoms with E-state index in [0.29, 0.717) is 35.2 Å². The molecule has 1 atom stereocenters. The number of Topliss-reactive ketones (excluding diaryl/α,β-unsaturated/α-hetero) is 1. The molecule has 1 aliphatic heterocycles. The Hall–Kier alpha value is -2.96. The zero-order valence-electron chi connectivity index (χ0n) is 16.5. The normalized spacial score (nSPS) is 21.1. The monoisotopic (exact) mass is 384 g/mol. The first-order valence-corrected chi connectivity index (χ1v) is 9.30. The smallest absolute Gasteiger partial charge is 0.336 e. The molecular weight excluding hydrogens is 360 g/mol. The molecule has 7 heteroatoms. The highest BCUT2D eigenvalue weighted by atomic mass is 16.6. The maximum atomic E-state index is 13.1. The van der Waals surface area contributed by atoms with Crippen molar-refractivity contribution in [1.82, 2.24) is 5.32 Å². The van der Waals surface area contributed by atoms with Crippen molar-refractivity contribution in [3.63, 3.8) is 0 Å². The molecule has 3 rings (SSSR count). The Morgan fingerprint density at radius 1 is 1.29 bits per heavy atom. The van der Waals surface area contributed by atoms with E-state index >= 15 is 0 Å². The molecule has 0 aromatic heterocycles. The van der Waals surface area contributed by atoms with Gasteiger partial charge in [-0.1, -0.05) is 26.0 Å². The first-order valence-electron chi connectivity index (χ1n) is 9.30. The lowest BCUT2D eigenvalue weighted by Crippen LogP contribution is -2.38. The van der Waals surface area contributed by atoms with Crippen LogP contribution in [0.3, 0.4) is 0 Å². The van der Waals surface area contributed by atoms with E-state index in [1.165, 1.54) is 12.1 Å². The summed E-state index contributed by atoms with van der Waals surface area (Å²) in [7, 11) is 0. The third kappa shape index (κ3) is 3.56. The van der Waals surface area contributed by atoms with Gasteiger partial charge >= 0.3 is 5.97 Å². The quantitative estimate of drug-likeness (QED) is 0.482. The molecule has 0 radical (unpaired) electrons. The van der Waals surface area contributed by atoms with Crippen LogP contribution in [0, 0.1) is 15.5 Å². The van der Waals surface area contributed by atoms with Crippen LogP contribution in [0.2, 0.25) is 0 Å². The standard InChI is InChI=1S/C21H24N2O5/c1-5-28-20(25)17-12(2)22-15-10-21(3,4)11-16(24)19(15)18(17)13-6-8-14(9-7-13)23(26)27/h6-9,18,22H,5,10-11H2,1-4H3. The zero-order valence-corrected chi connectivity index (χ0v) is 16.5. The van der Waals surface area contributed by atoms with Crippen molar-refractivity contribution in [3.8, 4) is 0 Å². The Kier molecular flexibility index (Phi) is 5.10. The number of esters is 1. The van der Waals surface area contributed by atoms with Crippen LogP contribution >= 0.6 is 0 Å². The Labute approximate surface area is 163 Å².